The molecule has 1 aliphatic heterocycles. The van der Waals surface area contributed by atoms with Crippen LogP contribution in [0.2, 0.25) is 0 Å². The Labute approximate surface area is 111 Å². The third-order valence-electron chi connectivity index (χ3n) is 5.16. The molecule has 0 N–H and O–H groups in total. The van der Waals surface area contributed by atoms with Gasteiger partial charge in [-0.15, -0.1) is 0 Å². The molecule has 0 saturated carbocycles. The highest BCUT2D eigenvalue weighted by atomic mass is 16.5. The minimum Gasteiger partial charge on any atom is -0.377 e. The number of methoxy groups -OCH3 is 1. The van der Waals surface area contributed by atoms with Gasteiger partial charge in [0.25, 0.3) is 0 Å². The number of nitrogens with zero attached hydrogens (tertiary/aromatic N) is 1. The molecule has 18 heavy (non-hydrogen) atoms. The molecule has 0 unspecified atom stereocenters. The first kappa shape index (κ1) is 12.4. The molecule has 3 rings (SSSR count). The SMILES string of the molecule is COC(C)(C)[C@@H]1CCCN1CC12C=CC(C=C1)C2. The molecule has 0 aromatic heterocycles. The van der Waals surface area contributed by atoms with Crippen LogP contribution in [0.15, 0.2) is 24.3 Å². The molecule has 100 valence electrons. The second-order valence-electron chi connectivity index (χ2n) is 6.76. The third kappa shape index (κ3) is 1.96. The lowest BCUT2D eigenvalue weighted by Gasteiger charge is -2.39. The minimum absolute atomic E-state index is 0.0306. The Morgan fingerprint density at radius 3 is 2.61 bits per heavy atom. The van der Waals surface area contributed by atoms with Crippen molar-refractivity contribution in [3.63, 3.8) is 0 Å². The minimum atomic E-state index is -0.0306. The summed E-state index contributed by atoms with van der Waals surface area (Å²) in [5, 5.41) is 0. The van der Waals surface area contributed by atoms with Crippen molar-refractivity contribution < 1.29 is 4.74 Å². The van der Waals surface area contributed by atoms with Crippen LogP contribution in [0.1, 0.15) is 33.1 Å². The van der Waals surface area contributed by atoms with Gasteiger partial charge < -0.3 is 4.74 Å². The van der Waals surface area contributed by atoms with E-state index in [1.807, 2.05) is 7.11 Å². The van der Waals surface area contributed by atoms with Crippen molar-refractivity contribution >= 4 is 0 Å². The normalized spacial score (nSPS) is 39.1. The number of rotatable bonds is 4. The third-order valence-corrected chi connectivity index (χ3v) is 5.16. The second-order valence-corrected chi connectivity index (χ2v) is 6.76. The fourth-order valence-electron chi connectivity index (χ4n) is 3.95. The molecule has 2 nitrogen and oxygen atoms in total. The van der Waals surface area contributed by atoms with Crippen LogP contribution in [-0.4, -0.2) is 36.7 Å². The van der Waals surface area contributed by atoms with Crippen LogP contribution in [0.3, 0.4) is 0 Å². The lowest BCUT2D eigenvalue weighted by atomic mass is 9.87. The molecule has 2 bridgehead atoms. The van der Waals surface area contributed by atoms with Crippen LogP contribution >= 0.6 is 0 Å². The Morgan fingerprint density at radius 1 is 1.33 bits per heavy atom. The molecule has 2 heteroatoms. The van der Waals surface area contributed by atoms with E-state index < -0.39 is 0 Å². The van der Waals surface area contributed by atoms with Gasteiger partial charge >= 0.3 is 0 Å². The summed E-state index contributed by atoms with van der Waals surface area (Å²) in [4.78, 5) is 2.66. The van der Waals surface area contributed by atoms with E-state index in [-0.39, 0.29) is 5.60 Å². The summed E-state index contributed by atoms with van der Waals surface area (Å²) in [7, 11) is 1.84. The molecule has 1 heterocycles. The number of fused-ring (bicyclic) bond motifs is 2. The van der Waals surface area contributed by atoms with E-state index >= 15 is 0 Å². The van der Waals surface area contributed by atoms with Gasteiger partial charge in [-0.3, -0.25) is 4.90 Å². The molecule has 0 radical (unpaired) electrons. The molecular formula is C16H25NO. The van der Waals surface area contributed by atoms with Crippen molar-refractivity contribution in [1.29, 1.82) is 0 Å². The van der Waals surface area contributed by atoms with Crippen LogP contribution in [0.4, 0.5) is 0 Å². The fourth-order valence-corrected chi connectivity index (χ4v) is 3.95. The monoisotopic (exact) mass is 247 g/mol. The predicted octanol–water partition coefficient (Wildman–Crippen LogP) is 3.01. The molecule has 1 fully saturated rings. The van der Waals surface area contributed by atoms with E-state index in [4.69, 9.17) is 4.74 Å². The van der Waals surface area contributed by atoms with Crippen LogP contribution in [0, 0.1) is 11.3 Å². The van der Waals surface area contributed by atoms with Gasteiger partial charge in [-0.2, -0.15) is 0 Å². The van der Waals surface area contributed by atoms with E-state index in [2.05, 4.69) is 43.1 Å². The van der Waals surface area contributed by atoms with Gasteiger partial charge in [-0.05, 0) is 45.6 Å². The highest BCUT2D eigenvalue weighted by Crippen LogP contribution is 2.45. The maximum atomic E-state index is 5.72. The zero-order chi connectivity index (χ0) is 12.8. The molecule has 1 saturated heterocycles. The summed E-state index contributed by atoms with van der Waals surface area (Å²) >= 11 is 0. The number of hydrogen-bond donors (Lipinski definition) is 0. The fraction of sp³-hybridized carbons (Fsp3) is 0.750. The van der Waals surface area contributed by atoms with Crippen LogP contribution < -0.4 is 0 Å². The van der Waals surface area contributed by atoms with Crippen molar-refractivity contribution in [1.82, 2.24) is 4.90 Å². The van der Waals surface area contributed by atoms with Crippen LogP contribution in [0.25, 0.3) is 0 Å². The number of allylic oxidation sites excluding steroid dienone is 2. The summed E-state index contributed by atoms with van der Waals surface area (Å²) in [6.07, 6.45) is 13.5. The summed E-state index contributed by atoms with van der Waals surface area (Å²) in [6.45, 7) is 6.86. The maximum absolute atomic E-state index is 5.72. The van der Waals surface area contributed by atoms with Gasteiger partial charge in [0.2, 0.25) is 0 Å². The topological polar surface area (TPSA) is 12.5 Å². The number of likely N-dealkylation sites (tertiary alicyclic amines) is 1. The second kappa shape index (κ2) is 4.21. The van der Waals surface area contributed by atoms with E-state index in [1.54, 1.807) is 0 Å². The molecular weight excluding hydrogens is 222 g/mol. The highest BCUT2D eigenvalue weighted by molar-refractivity contribution is 5.30. The Balaban J connectivity index is 1.72. The average molecular weight is 247 g/mol. The lowest BCUT2D eigenvalue weighted by molar-refractivity contribution is -0.0442. The van der Waals surface area contributed by atoms with Crippen molar-refractivity contribution in [2.45, 2.75) is 44.8 Å². The van der Waals surface area contributed by atoms with E-state index in [0.29, 0.717) is 17.4 Å². The van der Waals surface area contributed by atoms with Gasteiger partial charge in [0.05, 0.1) is 5.60 Å². The number of ether oxygens (including phenoxy) is 1. The molecule has 2 aliphatic carbocycles. The first-order chi connectivity index (χ1) is 8.55. The number of hydrogen-bond acceptors (Lipinski definition) is 2. The molecule has 0 spiro atoms. The lowest BCUT2D eigenvalue weighted by Crippen LogP contribution is -2.49. The van der Waals surface area contributed by atoms with Crippen molar-refractivity contribution in [3.05, 3.63) is 24.3 Å². The van der Waals surface area contributed by atoms with Gasteiger partial charge in [-0.25, -0.2) is 0 Å². The highest BCUT2D eigenvalue weighted by Gasteiger charge is 2.43. The Morgan fingerprint density at radius 2 is 2.06 bits per heavy atom. The smallest absolute Gasteiger partial charge is 0.0777 e. The van der Waals surface area contributed by atoms with Crippen molar-refractivity contribution in [2.24, 2.45) is 11.3 Å². The van der Waals surface area contributed by atoms with Crippen LogP contribution in [-0.2, 0) is 4.74 Å². The van der Waals surface area contributed by atoms with E-state index in [9.17, 15) is 0 Å². The van der Waals surface area contributed by atoms with E-state index in [0.717, 1.165) is 0 Å². The average Bonchev–Trinajstić information content (AvgIpc) is 3.04. The Kier molecular flexibility index (Phi) is 2.91. The maximum Gasteiger partial charge on any atom is 0.0777 e. The molecule has 0 amide bonds. The van der Waals surface area contributed by atoms with E-state index in [1.165, 1.54) is 32.4 Å². The first-order valence-corrected chi connectivity index (χ1v) is 7.23. The summed E-state index contributed by atoms with van der Waals surface area (Å²) < 4.78 is 5.72. The van der Waals surface area contributed by atoms with Gasteiger partial charge in [0.1, 0.15) is 0 Å². The Hall–Kier alpha value is -0.600. The summed E-state index contributed by atoms with van der Waals surface area (Å²) in [5.74, 6) is 0.710. The zero-order valence-electron chi connectivity index (χ0n) is 11.9. The van der Waals surface area contributed by atoms with Gasteiger partial charge in [0, 0.05) is 25.1 Å². The van der Waals surface area contributed by atoms with Crippen molar-refractivity contribution in [2.75, 3.05) is 20.2 Å². The summed E-state index contributed by atoms with van der Waals surface area (Å²) in [6, 6.07) is 0.568. The summed E-state index contributed by atoms with van der Waals surface area (Å²) in [5.41, 5.74) is 0.300. The largest absolute Gasteiger partial charge is 0.377 e. The van der Waals surface area contributed by atoms with Gasteiger partial charge in [0.15, 0.2) is 0 Å². The Bertz CT molecular complexity index is 369. The molecule has 0 aromatic carbocycles. The quantitative estimate of drug-likeness (QED) is 0.708. The molecule has 0 aromatic rings. The van der Waals surface area contributed by atoms with Crippen molar-refractivity contribution in [3.8, 4) is 0 Å². The first-order valence-electron chi connectivity index (χ1n) is 7.23. The molecule has 3 aliphatic rings. The zero-order valence-corrected chi connectivity index (χ0v) is 11.9. The van der Waals surface area contributed by atoms with Crippen LogP contribution in [0.5, 0.6) is 0 Å². The van der Waals surface area contributed by atoms with Gasteiger partial charge in [-0.1, -0.05) is 24.3 Å². The predicted molar refractivity (Wildman–Crippen MR) is 74.5 cm³/mol. The molecule has 1 atom stereocenters. The standard InChI is InChI=1S/C16H25NO/c1-15(2,18-3)14-5-4-10-17(14)12-16-8-6-13(11-16)7-9-16/h6-9,13-14H,4-5,10-12H2,1-3H3/t13?,14-,16?/m0/s1.